The first kappa shape index (κ1) is 16.5. The van der Waals surface area contributed by atoms with Crippen molar-refractivity contribution < 1.29 is 14.7 Å². The van der Waals surface area contributed by atoms with Crippen LogP contribution in [0.3, 0.4) is 0 Å². The largest absolute Gasteiger partial charge is 0.480 e. The standard InChI is InChI=1S/C14H19BrN2O3/c1-7(2)11(13(18)19)16-14(20)17-12-9(4)5-8(3)6-10(12)15/h5-7,11H,1-4H3,(H,18,19)(H2,16,17,20)/t11-/m0/s1. The number of halogens is 1. The lowest BCUT2D eigenvalue weighted by atomic mass is 10.1. The van der Waals surface area contributed by atoms with Crippen molar-refractivity contribution in [2.75, 3.05) is 5.32 Å². The average molecular weight is 343 g/mol. The van der Waals surface area contributed by atoms with Crippen molar-refractivity contribution >= 4 is 33.6 Å². The zero-order chi connectivity index (χ0) is 15.4. The third-order valence-electron chi connectivity index (χ3n) is 2.89. The number of hydrogen-bond acceptors (Lipinski definition) is 2. The zero-order valence-corrected chi connectivity index (χ0v) is 13.5. The van der Waals surface area contributed by atoms with Crippen molar-refractivity contribution in [3.63, 3.8) is 0 Å². The van der Waals surface area contributed by atoms with Gasteiger partial charge in [0.2, 0.25) is 0 Å². The molecule has 0 aliphatic carbocycles. The maximum atomic E-state index is 11.9. The fraction of sp³-hybridized carbons (Fsp3) is 0.429. The number of carbonyl (C=O) groups is 2. The summed E-state index contributed by atoms with van der Waals surface area (Å²) in [4.78, 5) is 23.0. The van der Waals surface area contributed by atoms with E-state index in [1.807, 2.05) is 26.0 Å². The molecule has 1 aromatic rings. The Balaban J connectivity index is 2.84. The zero-order valence-electron chi connectivity index (χ0n) is 12.0. The fourth-order valence-corrected chi connectivity index (χ4v) is 2.65. The third kappa shape index (κ3) is 4.23. The molecule has 0 aromatic heterocycles. The third-order valence-corrected chi connectivity index (χ3v) is 3.52. The molecule has 2 amide bonds. The molecule has 0 saturated heterocycles. The number of nitrogens with one attached hydrogen (secondary N) is 2. The summed E-state index contributed by atoms with van der Waals surface area (Å²) >= 11 is 3.39. The molecule has 1 aromatic carbocycles. The van der Waals surface area contributed by atoms with Crippen LogP contribution in [0.5, 0.6) is 0 Å². The summed E-state index contributed by atoms with van der Waals surface area (Å²) in [5.74, 6) is -1.24. The van der Waals surface area contributed by atoms with E-state index in [1.165, 1.54) is 0 Å². The highest BCUT2D eigenvalue weighted by molar-refractivity contribution is 9.10. The topological polar surface area (TPSA) is 78.4 Å². The van der Waals surface area contributed by atoms with Crippen LogP contribution in [0, 0.1) is 19.8 Å². The lowest BCUT2D eigenvalue weighted by Gasteiger charge is -2.19. The van der Waals surface area contributed by atoms with Gasteiger partial charge in [0.1, 0.15) is 6.04 Å². The maximum absolute atomic E-state index is 11.9. The van der Waals surface area contributed by atoms with Crippen molar-refractivity contribution in [1.82, 2.24) is 5.32 Å². The van der Waals surface area contributed by atoms with Crippen LogP contribution in [0.2, 0.25) is 0 Å². The molecular formula is C14H19BrN2O3. The van der Waals surface area contributed by atoms with Gasteiger partial charge in [0.25, 0.3) is 0 Å². The van der Waals surface area contributed by atoms with E-state index in [1.54, 1.807) is 13.8 Å². The maximum Gasteiger partial charge on any atom is 0.326 e. The molecule has 0 heterocycles. The number of hydrogen-bond donors (Lipinski definition) is 3. The fourth-order valence-electron chi connectivity index (χ4n) is 1.88. The van der Waals surface area contributed by atoms with E-state index in [0.29, 0.717) is 5.69 Å². The van der Waals surface area contributed by atoms with Gasteiger partial charge in [-0.3, -0.25) is 0 Å². The Kier molecular flexibility index (Phi) is 5.56. The van der Waals surface area contributed by atoms with Crippen LogP contribution < -0.4 is 10.6 Å². The molecule has 6 heteroatoms. The highest BCUT2D eigenvalue weighted by Gasteiger charge is 2.23. The second-order valence-electron chi connectivity index (χ2n) is 5.10. The minimum Gasteiger partial charge on any atom is -0.480 e. The van der Waals surface area contributed by atoms with Gasteiger partial charge in [-0.2, -0.15) is 0 Å². The highest BCUT2D eigenvalue weighted by Crippen LogP contribution is 2.27. The smallest absolute Gasteiger partial charge is 0.326 e. The van der Waals surface area contributed by atoms with Crippen molar-refractivity contribution in [2.45, 2.75) is 33.7 Å². The molecule has 0 unspecified atom stereocenters. The number of carboxylic acids is 1. The minimum atomic E-state index is -1.05. The predicted molar refractivity (Wildman–Crippen MR) is 82.0 cm³/mol. The van der Waals surface area contributed by atoms with Gasteiger partial charge >= 0.3 is 12.0 Å². The first-order valence-electron chi connectivity index (χ1n) is 6.29. The monoisotopic (exact) mass is 342 g/mol. The lowest BCUT2D eigenvalue weighted by Crippen LogP contribution is -2.46. The number of aliphatic carboxylic acids is 1. The predicted octanol–water partition coefficient (Wildman–Crippen LogP) is 3.30. The van der Waals surface area contributed by atoms with Crippen LogP contribution in [0.25, 0.3) is 0 Å². The summed E-state index contributed by atoms with van der Waals surface area (Å²) in [6.07, 6.45) is 0. The average Bonchev–Trinajstić information content (AvgIpc) is 2.29. The number of aryl methyl sites for hydroxylation is 2. The highest BCUT2D eigenvalue weighted by atomic mass is 79.9. The Morgan fingerprint density at radius 1 is 1.25 bits per heavy atom. The van der Waals surface area contributed by atoms with E-state index in [2.05, 4.69) is 26.6 Å². The Labute approximate surface area is 126 Å². The molecule has 3 N–H and O–H groups in total. The van der Waals surface area contributed by atoms with Gasteiger partial charge in [0, 0.05) is 4.47 Å². The van der Waals surface area contributed by atoms with Gasteiger partial charge in [0.05, 0.1) is 5.69 Å². The van der Waals surface area contributed by atoms with Gasteiger partial charge in [-0.05, 0) is 52.9 Å². The normalized spacial score (nSPS) is 12.1. The summed E-state index contributed by atoms with van der Waals surface area (Å²) in [6, 6.07) is 2.38. The number of benzene rings is 1. The molecule has 0 aliphatic rings. The number of urea groups is 1. The molecule has 0 radical (unpaired) electrons. The second-order valence-corrected chi connectivity index (χ2v) is 5.95. The molecule has 0 bridgehead atoms. The summed E-state index contributed by atoms with van der Waals surface area (Å²) in [5, 5.41) is 14.2. The van der Waals surface area contributed by atoms with Crippen molar-refractivity contribution in [2.24, 2.45) is 5.92 Å². The molecular weight excluding hydrogens is 324 g/mol. The van der Waals surface area contributed by atoms with Gasteiger partial charge in [-0.25, -0.2) is 9.59 Å². The summed E-state index contributed by atoms with van der Waals surface area (Å²) in [6.45, 7) is 7.32. The van der Waals surface area contributed by atoms with E-state index in [-0.39, 0.29) is 5.92 Å². The van der Waals surface area contributed by atoms with Gasteiger partial charge in [-0.1, -0.05) is 19.9 Å². The molecule has 1 rings (SSSR count). The summed E-state index contributed by atoms with van der Waals surface area (Å²) in [5.41, 5.74) is 2.62. The number of anilines is 1. The Morgan fingerprint density at radius 2 is 1.85 bits per heavy atom. The van der Waals surface area contributed by atoms with Crippen LogP contribution in [-0.2, 0) is 4.79 Å². The Morgan fingerprint density at radius 3 is 2.30 bits per heavy atom. The first-order chi connectivity index (χ1) is 9.22. The molecule has 5 nitrogen and oxygen atoms in total. The molecule has 110 valence electrons. The molecule has 0 fully saturated rings. The first-order valence-corrected chi connectivity index (χ1v) is 7.08. The summed E-state index contributed by atoms with van der Waals surface area (Å²) < 4.78 is 0.765. The Hall–Kier alpha value is -1.56. The van der Waals surface area contributed by atoms with E-state index in [9.17, 15) is 9.59 Å². The van der Waals surface area contributed by atoms with E-state index < -0.39 is 18.0 Å². The minimum absolute atomic E-state index is 0.194. The second kappa shape index (κ2) is 6.74. The molecule has 0 saturated carbocycles. The number of carbonyl (C=O) groups excluding carboxylic acids is 1. The van der Waals surface area contributed by atoms with E-state index in [4.69, 9.17) is 5.11 Å². The quantitative estimate of drug-likeness (QED) is 0.785. The van der Waals surface area contributed by atoms with Crippen LogP contribution in [0.4, 0.5) is 10.5 Å². The number of amides is 2. The van der Waals surface area contributed by atoms with Crippen LogP contribution in [-0.4, -0.2) is 23.1 Å². The van der Waals surface area contributed by atoms with Crippen molar-refractivity contribution in [3.8, 4) is 0 Å². The van der Waals surface area contributed by atoms with Crippen LogP contribution in [0.1, 0.15) is 25.0 Å². The van der Waals surface area contributed by atoms with Gasteiger partial charge < -0.3 is 15.7 Å². The van der Waals surface area contributed by atoms with Crippen LogP contribution >= 0.6 is 15.9 Å². The molecule has 20 heavy (non-hydrogen) atoms. The molecule has 1 atom stereocenters. The van der Waals surface area contributed by atoms with Crippen molar-refractivity contribution in [3.05, 3.63) is 27.7 Å². The van der Waals surface area contributed by atoms with Gasteiger partial charge in [0.15, 0.2) is 0 Å². The summed E-state index contributed by atoms with van der Waals surface area (Å²) in [7, 11) is 0. The van der Waals surface area contributed by atoms with Crippen LogP contribution in [0.15, 0.2) is 16.6 Å². The van der Waals surface area contributed by atoms with Crippen molar-refractivity contribution in [1.29, 1.82) is 0 Å². The van der Waals surface area contributed by atoms with Gasteiger partial charge in [-0.15, -0.1) is 0 Å². The van der Waals surface area contributed by atoms with E-state index in [0.717, 1.165) is 15.6 Å². The SMILES string of the molecule is Cc1cc(C)c(NC(=O)N[C@H](C(=O)O)C(C)C)c(Br)c1. The number of rotatable bonds is 4. The number of carboxylic acid groups (broad SMARTS) is 1. The Bertz CT molecular complexity index is 506. The van der Waals surface area contributed by atoms with E-state index >= 15 is 0 Å². The lowest BCUT2D eigenvalue weighted by molar-refractivity contribution is -0.140. The molecule has 0 spiro atoms. The molecule has 0 aliphatic heterocycles.